The van der Waals surface area contributed by atoms with Gasteiger partial charge in [-0.2, -0.15) is 0 Å². The molecule has 0 aliphatic carbocycles. The van der Waals surface area contributed by atoms with Crippen LogP contribution < -0.4 is 0 Å². The van der Waals surface area contributed by atoms with Gasteiger partial charge < -0.3 is 4.42 Å². The second-order valence-corrected chi connectivity index (χ2v) is 10.5. The Kier molecular flexibility index (Phi) is 3.39. The predicted molar refractivity (Wildman–Crippen MR) is 190 cm³/mol. The minimum absolute atomic E-state index is 0.0849. The zero-order valence-corrected chi connectivity index (χ0v) is 23.4. The Bertz CT molecular complexity index is 3290. The Morgan fingerprint density at radius 2 is 0.911 bits per heavy atom. The lowest BCUT2D eigenvalue weighted by Crippen LogP contribution is -1.94. The van der Waals surface area contributed by atoms with Crippen molar-refractivity contribution in [2.75, 3.05) is 0 Å². The van der Waals surface area contributed by atoms with Crippen molar-refractivity contribution < 1.29 is 25.0 Å². The van der Waals surface area contributed by atoms with Gasteiger partial charge >= 0.3 is 0 Å². The summed E-state index contributed by atoms with van der Waals surface area (Å²) in [7, 11) is 0. The van der Waals surface area contributed by atoms with Crippen molar-refractivity contribution in [2.24, 2.45) is 0 Å². The third-order valence-corrected chi connectivity index (χ3v) is 8.00. The highest BCUT2D eigenvalue weighted by Gasteiger charge is 2.22. The molecule has 210 valence electrons. The van der Waals surface area contributed by atoms with E-state index in [1.165, 1.54) is 0 Å². The van der Waals surface area contributed by atoms with E-state index in [-0.39, 0.29) is 61.8 Å². The van der Waals surface area contributed by atoms with Gasteiger partial charge in [0.25, 0.3) is 0 Å². The van der Waals surface area contributed by atoms with Gasteiger partial charge in [-0.25, -0.2) is 0 Å². The van der Waals surface area contributed by atoms with Crippen molar-refractivity contribution in [1.29, 1.82) is 0 Å². The third-order valence-electron chi connectivity index (χ3n) is 8.00. The molecule has 0 unspecified atom stereocenters. The van der Waals surface area contributed by atoms with E-state index in [1.807, 2.05) is 0 Å². The minimum Gasteiger partial charge on any atom is -0.456 e. The van der Waals surface area contributed by atoms with E-state index in [4.69, 9.17) is 20.9 Å². The second kappa shape index (κ2) is 10.4. The van der Waals surface area contributed by atoms with Crippen molar-refractivity contribution >= 4 is 43.5 Å². The lowest BCUT2D eigenvalue weighted by atomic mass is 9.82. The highest BCUT2D eigenvalue weighted by Crippen LogP contribution is 2.49. The van der Waals surface area contributed by atoms with Crippen molar-refractivity contribution in [3.63, 3.8) is 0 Å². The second-order valence-electron chi connectivity index (χ2n) is 10.5. The Morgan fingerprint density at radius 1 is 0.356 bits per heavy atom. The lowest BCUT2D eigenvalue weighted by Gasteiger charge is -2.21. The van der Waals surface area contributed by atoms with Crippen LogP contribution in [0.2, 0.25) is 0 Å². The molecular formula is C44H28O. The van der Waals surface area contributed by atoms with E-state index < -0.39 is 84.1 Å². The average Bonchev–Trinajstić information content (AvgIpc) is 3.67. The van der Waals surface area contributed by atoms with Crippen LogP contribution in [0.5, 0.6) is 0 Å². The predicted octanol–water partition coefficient (Wildman–Crippen LogP) is 12.6. The summed E-state index contributed by atoms with van der Waals surface area (Å²) in [5, 5.41) is 1.44. The maximum Gasteiger partial charge on any atom is 0.136 e. The van der Waals surface area contributed by atoms with Crippen molar-refractivity contribution in [3.8, 4) is 44.5 Å². The van der Waals surface area contributed by atoms with Crippen LogP contribution in [0.25, 0.3) is 88.0 Å². The summed E-state index contributed by atoms with van der Waals surface area (Å²) < 4.78 is 140. The van der Waals surface area contributed by atoms with Crippen molar-refractivity contribution in [3.05, 3.63) is 169 Å². The molecule has 1 aromatic heterocycles. The molecule has 0 fully saturated rings. The van der Waals surface area contributed by atoms with Gasteiger partial charge in [-0.1, -0.05) is 151 Å². The quantitative estimate of drug-likeness (QED) is 0.187. The summed E-state index contributed by atoms with van der Waals surface area (Å²) in [6, 6.07) is 14.8. The molecule has 45 heavy (non-hydrogen) atoms. The molecular weight excluding hydrogens is 544 g/mol. The molecule has 1 heterocycles. The van der Waals surface area contributed by atoms with Crippen LogP contribution in [0.3, 0.4) is 0 Å². The molecule has 9 aromatic rings. The first-order chi connectivity index (χ1) is 28.6. The molecule has 0 bridgehead atoms. The van der Waals surface area contributed by atoms with E-state index in [1.54, 1.807) is 78.9 Å². The highest BCUT2D eigenvalue weighted by molar-refractivity contribution is 6.24. The summed E-state index contributed by atoms with van der Waals surface area (Å²) in [6.45, 7) is 0. The standard InChI is InChI=1S/C44H28O/c1-3-15-29(16-4-1)31-19-7-8-21-33(31)43-34-22-9-11-24-36(34)44(37-25-12-10-23-35(37)43)40-27-39-32-20-13-14-26-41(32)45-42(39)28-38(40)30-17-5-2-6-18-30/h1-28H/i2D,5D,6D,7D,8D,13D,14D,17D,18D,19D,20D,21D,26D,27D,28D. The number of hydrogen-bond acceptors (Lipinski definition) is 1. The maximum atomic E-state index is 10.0. The summed E-state index contributed by atoms with van der Waals surface area (Å²) >= 11 is 0. The largest absolute Gasteiger partial charge is 0.456 e. The molecule has 0 amide bonds. The molecule has 0 saturated carbocycles. The first-order valence-corrected chi connectivity index (χ1v) is 14.2. The average molecular weight is 588 g/mol. The molecule has 0 saturated heterocycles. The third kappa shape index (κ3) is 4.09. The van der Waals surface area contributed by atoms with E-state index in [2.05, 4.69) is 0 Å². The molecule has 0 N–H and O–H groups in total. The van der Waals surface area contributed by atoms with E-state index in [9.17, 15) is 4.11 Å². The molecule has 0 atom stereocenters. The first kappa shape index (κ1) is 14.7. The molecule has 0 aliphatic rings. The number of furan rings is 1. The maximum absolute atomic E-state index is 10.0. The number of para-hydroxylation sites is 1. The Balaban J connectivity index is 1.57. The van der Waals surface area contributed by atoms with Gasteiger partial charge in [0.15, 0.2) is 0 Å². The van der Waals surface area contributed by atoms with Crippen LogP contribution in [0, 0.1) is 0 Å². The summed E-state index contributed by atoms with van der Waals surface area (Å²) in [5.74, 6) is 0. The SMILES string of the molecule is [2H]c1c([2H])c([2H])c(-c2c(-c3c4ccccc4c(-c4c([2H])c([2H])c([2H])c([2H])c4-c4ccccc4)c4ccccc34)c([2H])c3c(oc4c([2H])c([2H])c([2H])c([2H])c43)c2[2H])c([2H])c1[2H]. The zero-order valence-electron chi connectivity index (χ0n) is 38.4. The summed E-state index contributed by atoms with van der Waals surface area (Å²) in [4.78, 5) is 0. The smallest absolute Gasteiger partial charge is 0.136 e. The molecule has 9 rings (SSSR count). The van der Waals surface area contributed by atoms with Gasteiger partial charge in [0.1, 0.15) is 11.2 Å². The van der Waals surface area contributed by atoms with Crippen LogP contribution in [0.1, 0.15) is 20.6 Å². The van der Waals surface area contributed by atoms with Crippen LogP contribution in [0.4, 0.5) is 0 Å². The molecule has 0 aliphatic heterocycles. The van der Waals surface area contributed by atoms with Crippen molar-refractivity contribution in [2.45, 2.75) is 0 Å². The topological polar surface area (TPSA) is 13.1 Å². The molecule has 1 nitrogen and oxygen atoms in total. The molecule has 0 spiro atoms. The van der Waals surface area contributed by atoms with Crippen LogP contribution in [0.15, 0.2) is 174 Å². The fourth-order valence-electron chi connectivity index (χ4n) is 6.13. The Hall–Kier alpha value is -5.92. The molecule has 0 radical (unpaired) electrons. The van der Waals surface area contributed by atoms with Gasteiger partial charge in [-0.05, 0) is 84.2 Å². The van der Waals surface area contributed by atoms with Crippen LogP contribution in [-0.2, 0) is 0 Å². The highest BCUT2D eigenvalue weighted by atomic mass is 16.3. The fraction of sp³-hybridized carbons (Fsp3) is 0. The van der Waals surface area contributed by atoms with Gasteiger partial charge in [-0.3, -0.25) is 0 Å². The van der Waals surface area contributed by atoms with Gasteiger partial charge in [-0.15, -0.1) is 0 Å². The lowest BCUT2D eigenvalue weighted by molar-refractivity contribution is 0.669. The van der Waals surface area contributed by atoms with E-state index >= 15 is 0 Å². The normalized spacial score (nSPS) is 16.2. The Morgan fingerprint density at radius 3 is 1.60 bits per heavy atom. The number of hydrogen-bond donors (Lipinski definition) is 0. The molecule has 8 aromatic carbocycles. The fourth-order valence-corrected chi connectivity index (χ4v) is 6.13. The Labute approximate surface area is 282 Å². The van der Waals surface area contributed by atoms with E-state index in [0.29, 0.717) is 32.7 Å². The number of fused-ring (bicyclic) bond motifs is 5. The first-order valence-electron chi connectivity index (χ1n) is 21.7. The van der Waals surface area contributed by atoms with Crippen molar-refractivity contribution in [1.82, 2.24) is 0 Å². The molecule has 1 heteroatoms. The minimum atomic E-state index is -0.691. The van der Waals surface area contributed by atoms with Crippen LogP contribution >= 0.6 is 0 Å². The summed E-state index contributed by atoms with van der Waals surface area (Å²) in [5.41, 5.74) is 0.269. The van der Waals surface area contributed by atoms with Gasteiger partial charge in [0.05, 0.1) is 20.6 Å². The monoisotopic (exact) mass is 587 g/mol. The van der Waals surface area contributed by atoms with E-state index in [0.717, 1.165) is 0 Å². The zero-order chi connectivity index (χ0) is 42.8. The number of rotatable bonds is 4. The van der Waals surface area contributed by atoms with Gasteiger partial charge in [0, 0.05) is 10.8 Å². The van der Waals surface area contributed by atoms with Crippen LogP contribution in [-0.4, -0.2) is 0 Å². The van der Waals surface area contributed by atoms with Gasteiger partial charge in [0.2, 0.25) is 0 Å². The number of benzene rings is 8. The summed E-state index contributed by atoms with van der Waals surface area (Å²) in [6.07, 6.45) is 0.